The molecule has 0 saturated carbocycles. The van der Waals surface area contributed by atoms with Gasteiger partial charge in [0.15, 0.2) is 0 Å². The monoisotopic (exact) mass is 250 g/mol. The number of aryl methyl sites for hydroxylation is 1. The Bertz CT molecular complexity index is 420. The van der Waals surface area contributed by atoms with Crippen LogP contribution in [0.4, 0.5) is 0 Å². The molecular weight excluding hydrogens is 232 g/mol. The average Bonchev–Trinajstić information content (AvgIpc) is 2.28. The normalized spacial score (nSPS) is 14.3. The fourth-order valence-corrected chi connectivity index (χ4v) is 2.38. The van der Waals surface area contributed by atoms with Gasteiger partial charge in [-0.25, -0.2) is 8.93 Å². The van der Waals surface area contributed by atoms with Gasteiger partial charge in [-0.15, -0.1) is 0 Å². The van der Waals surface area contributed by atoms with Gasteiger partial charge in [0.2, 0.25) is 0 Å². The predicted molar refractivity (Wildman–Crippen MR) is 69.6 cm³/mol. The number of nitriles is 1. The molecule has 1 aromatic rings. The lowest BCUT2D eigenvalue weighted by atomic mass is 10.1. The third-order valence-corrected chi connectivity index (χ3v) is 3.55. The second kappa shape index (κ2) is 6.53. The Morgan fingerprint density at radius 3 is 2.41 bits per heavy atom. The van der Waals surface area contributed by atoms with E-state index >= 15 is 0 Å². The molecule has 0 spiro atoms. The molecule has 0 fully saturated rings. The minimum Gasteiger partial charge on any atom is -0.237 e. The summed E-state index contributed by atoms with van der Waals surface area (Å²) in [7, 11) is -1.31. The molecule has 2 atom stereocenters. The molecule has 0 heterocycles. The zero-order valence-corrected chi connectivity index (χ0v) is 11.3. The molecule has 0 aromatic heterocycles. The molecule has 1 aromatic carbocycles. The zero-order chi connectivity index (χ0) is 12.8. The smallest absolute Gasteiger partial charge is 0.126 e. The summed E-state index contributed by atoms with van der Waals surface area (Å²) in [5.41, 5.74) is 1.13. The SMILES string of the molecule is Cc1ccc(S(=O)NC(C#N)CC(C)C)cc1. The van der Waals surface area contributed by atoms with Crippen LogP contribution < -0.4 is 4.72 Å². The topological polar surface area (TPSA) is 52.9 Å². The van der Waals surface area contributed by atoms with Crippen molar-refractivity contribution in [2.24, 2.45) is 5.92 Å². The molecule has 0 amide bonds. The number of rotatable bonds is 5. The maximum atomic E-state index is 12.0. The third-order valence-electron chi connectivity index (χ3n) is 2.35. The summed E-state index contributed by atoms with van der Waals surface area (Å²) < 4.78 is 14.8. The maximum absolute atomic E-state index is 12.0. The van der Waals surface area contributed by atoms with Gasteiger partial charge in [0.05, 0.1) is 11.0 Å². The second-order valence-corrected chi connectivity index (χ2v) is 5.76. The quantitative estimate of drug-likeness (QED) is 0.873. The van der Waals surface area contributed by atoms with Gasteiger partial charge >= 0.3 is 0 Å². The first-order chi connectivity index (χ1) is 8.02. The van der Waals surface area contributed by atoms with Crippen LogP contribution in [0.5, 0.6) is 0 Å². The van der Waals surface area contributed by atoms with E-state index in [0.29, 0.717) is 17.2 Å². The Hall–Kier alpha value is -1.18. The maximum Gasteiger partial charge on any atom is 0.126 e. The number of nitrogens with one attached hydrogen (secondary N) is 1. The van der Waals surface area contributed by atoms with E-state index in [1.54, 1.807) is 0 Å². The first kappa shape index (κ1) is 13.9. The van der Waals surface area contributed by atoms with Gasteiger partial charge in [0.1, 0.15) is 17.0 Å². The summed E-state index contributed by atoms with van der Waals surface area (Å²) in [5.74, 6) is 0.405. The highest BCUT2D eigenvalue weighted by Crippen LogP contribution is 2.09. The van der Waals surface area contributed by atoms with Crippen molar-refractivity contribution in [3.63, 3.8) is 0 Å². The predicted octanol–water partition coefficient (Wildman–Crippen LogP) is 2.55. The fourth-order valence-electron chi connectivity index (χ4n) is 1.46. The average molecular weight is 250 g/mol. The number of hydrogen-bond donors (Lipinski definition) is 1. The summed E-state index contributed by atoms with van der Waals surface area (Å²) >= 11 is 0. The molecule has 17 heavy (non-hydrogen) atoms. The van der Waals surface area contributed by atoms with Crippen LogP contribution >= 0.6 is 0 Å². The van der Waals surface area contributed by atoms with E-state index in [2.05, 4.69) is 10.8 Å². The van der Waals surface area contributed by atoms with Crippen LogP contribution in [-0.4, -0.2) is 10.3 Å². The van der Waals surface area contributed by atoms with E-state index in [9.17, 15) is 4.21 Å². The Morgan fingerprint density at radius 2 is 1.94 bits per heavy atom. The van der Waals surface area contributed by atoms with Crippen LogP contribution in [0.3, 0.4) is 0 Å². The Balaban J connectivity index is 2.65. The van der Waals surface area contributed by atoms with Crippen molar-refractivity contribution >= 4 is 11.0 Å². The van der Waals surface area contributed by atoms with E-state index in [-0.39, 0.29) is 6.04 Å². The minimum atomic E-state index is -1.31. The van der Waals surface area contributed by atoms with Gasteiger partial charge in [-0.05, 0) is 31.4 Å². The molecule has 3 nitrogen and oxygen atoms in total. The largest absolute Gasteiger partial charge is 0.237 e. The minimum absolute atomic E-state index is 0.364. The molecule has 0 saturated heterocycles. The van der Waals surface area contributed by atoms with Crippen molar-refractivity contribution < 1.29 is 4.21 Å². The number of nitrogens with zero attached hydrogens (tertiary/aromatic N) is 1. The highest BCUT2D eigenvalue weighted by Gasteiger charge is 2.13. The van der Waals surface area contributed by atoms with Crippen molar-refractivity contribution in [2.75, 3.05) is 0 Å². The third kappa shape index (κ3) is 4.68. The first-order valence-corrected chi connectivity index (χ1v) is 6.82. The van der Waals surface area contributed by atoms with Crippen molar-refractivity contribution in [1.29, 1.82) is 5.26 Å². The van der Waals surface area contributed by atoms with Crippen LogP contribution in [0.15, 0.2) is 29.2 Å². The number of benzene rings is 1. The van der Waals surface area contributed by atoms with Crippen LogP contribution in [0.25, 0.3) is 0 Å². The van der Waals surface area contributed by atoms with Gasteiger partial charge in [0.25, 0.3) is 0 Å². The van der Waals surface area contributed by atoms with Crippen LogP contribution in [0.2, 0.25) is 0 Å². The van der Waals surface area contributed by atoms with Crippen molar-refractivity contribution in [2.45, 2.75) is 38.1 Å². The summed E-state index contributed by atoms with van der Waals surface area (Å²) in [6, 6.07) is 9.25. The lowest BCUT2D eigenvalue weighted by Crippen LogP contribution is -2.30. The fraction of sp³-hybridized carbons (Fsp3) is 0.462. The molecule has 1 rings (SSSR count). The van der Waals surface area contributed by atoms with E-state index < -0.39 is 11.0 Å². The van der Waals surface area contributed by atoms with E-state index in [0.717, 1.165) is 5.56 Å². The van der Waals surface area contributed by atoms with Crippen LogP contribution in [-0.2, 0) is 11.0 Å². The highest BCUT2D eigenvalue weighted by atomic mass is 32.2. The van der Waals surface area contributed by atoms with Gasteiger partial charge in [0, 0.05) is 0 Å². The van der Waals surface area contributed by atoms with Gasteiger partial charge < -0.3 is 0 Å². The van der Waals surface area contributed by atoms with Crippen LogP contribution in [0, 0.1) is 24.2 Å². The van der Waals surface area contributed by atoms with Gasteiger partial charge in [-0.1, -0.05) is 31.5 Å². The Morgan fingerprint density at radius 1 is 1.35 bits per heavy atom. The van der Waals surface area contributed by atoms with E-state index in [1.807, 2.05) is 45.0 Å². The second-order valence-electron chi connectivity index (χ2n) is 4.51. The van der Waals surface area contributed by atoms with Crippen molar-refractivity contribution in [1.82, 2.24) is 4.72 Å². The van der Waals surface area contributed by atoms with Crippen LogP contribution in [0.1, 0.15) is 25.8 Å². The molecular formula is C13H18N2OS. The zero-order valence-electron chi connectivity index (χ0n) is 10.4. The van der Waals surface area contributed by atoms with Crippen molar-refractivity contribution in [3.8, 4) is 6.07 Å². The van der Waals surface area contributed by atoms with Crippen molar-refractivity contribution in [3.05, 3.63) is 29.8 Å². The van der Waals surface area contributed by atoms with Gasteiger partial charge in [-0.2, -0.15) is 5.26 Å². The van der Waals surface area contributed by atoms with Gasteiger partial charge in [-0.3, -0.25) is 0 Å². The first-order valence-electron chi connectivity index (χ1n) is 5.67. The molecule has 2 unspecified atom stereocenters. The summed E-state index contributed by atoms with van der Waals surface area (Å²) in [6.07, 6.45) is 0.702. The molecule has 1 N–H and O–H groups in total. The van der Waals surface area contributed by atoms with E-state index in [1.165, 1.54) is 0 Å². The Kier molecular flexibility index (Phi) is 5.33. The molecule has 0 aliphatic rings. The highest BCUT2D eigenvalue weighted by molar-refractivity contribution is 7.83. The molecule has 92 valence electrons. The lowest BCUT2D eigenvalue weighted by Gasteiger charge is -2.13. The lowest BCUT2D eigenvalue weighted by molar-refractivity contribution is 0.529. The standard InChI is InChI=1S/C13H18N2OS/c1-10(2)8-12(9-14)15-17(16)13-6-4-11(3)5-7-13/h4-7,10,12,15H,8H2,1-3H3. The summed E-state index contributed by atoms with van der Waals surface area (Å²) in [4.78, 5) is 0.708. The van der Waals surface area contributed by atoms with E-state index in [4.69, 9.17) is 5.26 Å². The molecule has 0 bridgehead atoms. The summed E-state index contributed by atoms with van der Waals surface area (Å²) in [6.45, 7) is 6.07. The number of hydrogen-bond acceptors (Lipinski definition) is 2. The molecule has 0 aliphatic heterocycles. The summed E-state index contributed by atoms with van der Waals surface area (Å²) in [5, 5.41) is 8.97. The molecule has 4 heteroatoms. The molecule has 0 radical (unpaired) electrons. The Labute approximate surface area is 105 Å². The molecule has 0 aliphatic carbocycles.